The predicted molar refractivity (Wildman–Crippen MR) is 69.1 cm³/mol. The number of carbonyl (C=O) groups excluding carboxylic acids is 1. The molecular weight excluding hydrogens is 259 g/mol. The lowest BCUT2D eigenvalue weighted by Gasteiger charge is -2.15. The Labute approximate surface area is 110 Å². The topological polar surface area (TPSA) is 64.3 Å². The van der Waals surface area contributed by atoms with Crippen molar-refractivity contribution in [3.05, 3.63) is 29.0 Å². The Morgan fingerprint density at radius 1 is 1.61 bits per heavy atom. The highest BCUT2D eigenvalue weighted by Crippen LogP contribution is 2.24. The van der Waals surface area contributed by atoms with Gasteiger partial charge in [-0.1, -0.05) is 17.7 Å². The van der Waals surface area contributed by atoms with Crippen LogP contribution in [0.3, 0.4) is 0 Å². The number of rotatable bonds is 6. The van der Waals surface area contributed by atoms with Crippen LogP contribution in [-0.4, -0.2) is 25.2 Å². The van der Waals surface area contributed by atoms with Gasteiger partial charge < -0.3 is 15.8 Å². The average Bonchev–Trinajstić information content (AvgIpc) is 2.33. The molecule has 0 aliphatic heterocycles. The van der Waals surface area contributed by atoms with E-state index >= 15 is 0 Å². The van der Waals surface area contributed by atoms with Crippen molar-refractivity contribution in [3.63, 3.8) is 0 Å². The first-order valence-electron chi connectivity index (χ1n) is 5.64. The number of carbonyl (C=O) groups is 1. The third-order valence-corrected chi connectivity index (χ3v) is 2.62. The van der Waals surface area contributed by atoms with Gasteiger partial charge in [0.15, 0.2) is 0 Å². The minimum absolute atomic E-state index is 0.0172. The summed E-state index contributed by atoms with van der Waals surface area (Å²) in [6.45, 7) is 2.51. The summed E-state index contributed by atoms with van der Waals surface area (Å²) in [4.78, 5) is 11.7. The third-order valence-electron chi connectivity index (χ3n) is 2.31. The number of nitrogens with two attached hydrogens (primary N) is 1. The van der Waals surface area contributed by atoms with E-state index in [4.69, 9.17) is 22.1 Å². The zero-order valence-electron chi connectivity index (χ0n) is 10.1. The van der Waals surface area contributed by atoms with E-state index in [2.05, 4.69) is 5.32 Å². The van der Waals surface area contributed by atoms with Gasteiger partial charge in [-0.3, -0.25) is 4.79 Å². The number of hydrogen-bond donors (Lipinski definition) is 2. The number of ether oxygens (including phenoxy) is 1. The van der Waals surface area contributed by atoms with Gasteiger partial charge in [0, 0.05) is 13.2 Å². The summed E-state index contributed by atoms with van der Waals surface area (Å²) in [7, 11) is 0. The fourth-order valence-electron chi connectivity index (χ4n) is 1.46. The van der Waals surface area contributed by atoms with Crippen molar-refractivity contribution in [2.45, 2.75) is 19.4 Å². The number of nitrogens with one attached hydrogen (secondary N) is 1. The number of halogens is 2. The molecule has 0 spiro atoms. The highest BCUT2D eigenvalue weighted by molar-refractivity contribution is 6.33. The second-order valence-corrected chi connectivity index (χ2v) is 4.07. The third kappa shape index (κ3) is 4.25. The second kappa shape index (κ2) is 7.31. The monoisotopic (exact) mass is 274 g/mol. The summed E-state index contributed by atoms with van der Waals surface area (Å²) < 4.78 is 18.7. The van der Waals surface area contributed by atoms with E-state index in [0.717, 1.165) is 0 Å². The molecule has 0 heterocycles. The van der Waals surface area contributed by atoms with E-state index < -0.39 is 5.82 Å². The molecule has 1 rings (SSSR count). The molecule has 4 nitrogen and oxygen atoms in total. The smallest absolute Gasteiger partial charge is 0.227 e. The van der Waals surface area contributed by atoms with Crippen molar-refractivity contribution in [2.75, 3.05) is 18.5 Å². The maximum absolute atomic E-state index is 13.4. The second-order valence-electron chi connectivity index (χ2n) is 3.66. The fourth-order valence-corrected chi connectivity index (χ4v) is 1.67. The molecular formula is C12H16ClFN2O2. The molecule has 1 unspecified atom stereocenters. The Kier molecular flexibility index (Phi) is 6.04. The van der Waals surface area contributed by atoms with Crippen LogP contribution < -0.4 is 11.1 Å². The Balaban J connectivity index is 2.64. The zero-order chi connectivity index (χ0) is 13.5. The Morgan fingerprint density at radius 3 is 2.89 bits per heavy atom. The maximum atomic E-state index is 13.4. The van der Waals surface area contributed by atoms with Gasteiger partial charge in [-0.15, -0.1) is 0 Å². The maximum Gasteiger partial charge on any atom is 0.227 e. The summed E-state index contributed by atoms with van der Waals surface area (Å²) >= 11 is 5.79. The number of benzene rings is 1. The van der Waals surface area contributed by atoms with Crippen LogP contribution in [0.1, 0.15) is 13.3 Å². The van der Waals surface area contributed by atoms with Crippen LogP contribution in [0.5, 0.6) is 0 Å². The SMILES string of the molecule is CCOC(CN)CC(=O)Nc1c(F)cccc1Cl. The van der Waals surface area contributed by atoms with Crippen molar-refractivity contribution in [1.29, 1.82) is 0 Å². The number of amides is 1. The van der Waals surface area contributed by atoms with Gasteiger partial charge in [-0.25, -0.2) is 4.39 Å². The van der Waals surface area contributed by atoms with Crippen LogP contribution in [-0.2, 0) is 9.53 Å². The summed E-state index contributed by atoms with van der Waals surface area (Å²) in [5.41, 5.74) is 5.44. The van der Waals surface area contributed by atoms with E-state index in [-0.39, 0.29) is 35.7 Å². The summed E-state index contributed by atoms with van der Waals surface area (Å²) in [5, 5.41) is 2.58. The standard InChI is InChI=1S/C12H16ClFN2O2/c1-2-18-8(7-15)6-11(17)16-12-9(13)4-3-5-10(12)14/h3-5,8H,2,6-7,15H2,1H3,(H,16,17). The molecule has 0 aromatic heterocycles. The van der Waals surface area contributed by atoms with E-state index in [1.165, 1.54) is 18.2 Å². The first-order valence-corrected chi connectivity index (χ1v) is 6.01. The van der Waals surface area contributed by atoms with Gasteiger partial charge in [0.1, 0.15) is 5.82 Å². The van der Waals surface area contributed by atoms with Crippen LogP contribution in [0.2, 0.25) is 5.02 Å². The number of anilines is 1. The van der Waals surface area contributed by atoms with Gasteiger partial charge >= 0.3 is 0 Å². The molecule has 0 bridgehead atoms. The van der Waals surface area contributed by atoms with Crippen LogP contribution in [0, 0.1) is 5.82 Å². The number of para-hydroxylation sites is 1. The molecule has 0 saturated heterocycles. The van der Waals surface area contributed by atoms with Crippen LogP contribution in [0.25, 0.3) is 0 Å². The lowest BCUT2D eigenvalue weighted by Crippen LogP contribution is -2.29. The minimum atomic E-state index is -0.573. The van der Waals surface area contributed by atoms with Crippen molar-refractivity contribution in [1.82, 2.24) is 0 Å². The number of hydrogen-bond acceptors (Lipinski definition) is 3. The molecule has 0 fully saturated rings. The first-order chi connectivity index (χ1) is 8.58. The molecule has 18 heavy (non-hydrogen) atoms. The van der Waals surface area contributed by atoms with Crippen LogP contribution >= 0.6 is 11.6 Å². The van der Waals surface area contributed by atoms with Gasteiger partial charge in [0.05, 0.1) is 23.2 Å². The van der Waals surface area contributed by atoms with Crippen molar-refractivity contribution in [3.8, 4) is 0 Å². The average molecular weight is 275 g/mol. The van der Waals surface area contributed by atoms with E-state index in [9.17, 15) is 9.18 Å². The van der Waals surface area contributed by atoms with Crippen molar-refractivity contribution in [2.24, 2.45) is 5.73 Å². The van der Waals surface area contributed by atoms with Gasteiger partial charge in [0.2, 0.25) is 5.91 Å². The van der Waals surface area contributed by atoms with Gasteiger partial charge in [0.25, 0.3) is 0 Å². The van der Waals surface area contributed by atoms with Crippen molar-refractivity contribution < 1.29 is 13.9 Å². The minimum Gasteiger partial charge on any atom is -0.377 e. The lowest BCUT2D eigenvalue weighted by molar-refractivity contribution is -0.118. The summed E-state index contributed by atoms with van der Waals surface area (Å²) in [6.07, 6.45) is -0.310. The predicted octanol–water partition coefficient (Wildman–Crippen LogP) is 2.17. The molecule has 3 N–H and O–H groups in total. The van der Waals surface area contributed by atoms with E-state index in [1.54, 1.807) is 0 Å². The largest absolute Gasteiger partial charge is 0.377 e. The molecule has 0 saturated carbocycles. The van der Waals surface area contributed by atoms with Crippen LogP contribution in [0.15, 0.2) is 18.2 Å². The lowest BCUT2D eigenvalue weighted by atomic mass is 10.2. The zero-order valence-corrected chi connectivity index (χ0v) is 10.8. The highest BCUT2D eigenvalue weighted by Gasteiger charge is 2.15. The molecule has 0 radical (unpaired) electrons. The summed E-state index contributed by atoms with van der Waals surface area (Å²) in [6, 6.07) is 4.20. The van der Waals surface area contributed by atoms with Crippen LogP contribution in [0.4, 0.5) is 10.1 Å². The highest BCUT2D eigenvalue weighted by atomic mass is 35.5. The van der Waals surface area contributed by atoms with E-state index in [0.29, 0.717) is 6.61 Å². The normalized spacial score (nSPS) is 12.2. The van der Waals surface area contributed by atoms with Crippen molar-refractivity contribution >= 4 is 23.2 Å². The quantitative estimate of drug-likeness (QED) is 0.836. The molecule has 6 heteroatoms. The van der Waals surface area contributed by atoms with E-state index in [1.807, 2.05) is 6.92 Å². The Morgan fingerprint density at radius 2 is 2.33 bits per heavy atom. The van der Waals surface area contributed by atoms with Gasteiger partial charge in [-0.2, -0.15) is 0 Å². The molecule has 1 aromatic carbocycles. The Bertz CT molecular complexity index is 395. The Hall–Kier alpha value is -1.17. The molecule has 100 valence electrons. The molecule has 1 amide bonds. The summed E-state index contributed by atoms with van der Waals surface area (Å²) in [5.74, 6) is -0.956. The first kappa shape index (κ1) is 14.9. The molecule has 0 aliphatic rings. The molecule has 1 aromatic rings. The van der Waals surface area contributed by atoms with Gasteiger partial charge in [-0.05, 0) is 19.1 Å². The molecule has 0 aliphatic carbocycles. The molecule has 1 atom stereocenters. The fraction of sp³-hybridized carbons (Fsp3) is 0.417.